The summed E-state index contributed by atoms with van der Waals surface area (Å²) in [6.45, 7) is 7.87. The van der Waals surface area contributed by atoms with Crippen LogP contribution in [-0.2, 0) is 21.2 Å². The van der Waals surface area contributed by atoms with Gasteiger partial charge in [0.15, 0.2) is 15.4 Å². The van der Waals surface area contributed by atoms with Crippen LogP contribution in [0.4, 0.5) is 0 Å². The summed E-state index contributed by atoms with van der Waals surface area (Å²) in [6.07, 6.45) is 0.300. The van der Waals surface area contributed by atoms with Crippen LogP contribution in [0.5, 0.6) is 0 Å². The van der Waals surface area contributed by atoms with Crippen LogP contribution in [0.3, 0.4) is 0 Å². The van der Waals surface area contributed by atoms with Crippen LogP contribution in [0.1, 0.15) is 20.8 Å². The van der Waals surface area contributed by atoms with Crippen molar-refractivity contribution in [2.24, 2.45) is 0 Å². The predicted molar refractivity (Wildman–Crippen MR) is 94.3 cm³/mol. The van der Waals surface area contributed by atoms with Crippen LogP contribution in [0.15, 0.2) is 27.5 Å². The lowest BCUT2D eigenvalue weighted by atomic mass is 10.2. The fourth-order valence-corrected chi connectivity index (χ4v) is 4.28. The molecule has 0 N–H and O–H groups in total. The summed E-state index contributed by atoms with van der Waals surface area (Å²) < 4.78 is 37.5. The van der Waals surface area contributed by atoms with E-state index in [0.29, 0.717) is 27.5 Å². The minimum Gasteiger partial charge on any atom is -0.429 e. The fraction of sp³-hybridized carbons (Fsp3) is 0.562. The quantitative estimate of drug-likeness (QED) is 0.771. The van der Waals surface area contributed by atoms with Gasteiger partial charge in [-0.05, 0) is 44.3 Å². The van der Waals surface area contributed by atoms with E-state index in [1.807, 2.05) is 18.4 Å². The monoisotopic (exact) mass is 370 g/mol. The van der Waals surface area contributed by atoms with Gasteiger partial charge in [0.05, 0.1) is 35.0 Å². The number of sulfone groups is 1. The number of hydrogen-bond acceptors (Lipinski definition) is 6. The van der Waals surface area contributed by atoms with Crippen molar-refractivity contribution < 1.29 is 17.6 Å². The van der Waals surface area contributed by atoms with Gasteiger partial charge in [-0.3, -0.25) is 9.47 Å². The van der Waals surface area contributed by atoms with Crippen LogP contribution in [-0.4, -0.2) is 48.9 Å². The van der Waals surface area contributed by atoms with E-state index in [9.17, 15) is 8.42 Å². The first-order valence-electron chi connectivity index (χ1n) is 8.04. The summed E-state index contributed by atoms with van der Waals surface area (Å²) in [5, 5.41) is 0. The molecule has 2 atom stereocenters. The average Bonchev–Trinajstić information content (AvgIpc) is 2.81. The molecule has 6 nitrogen and oxygen atoms in total. The maximum absolute atomic E-state index is 12.1. The summed E-state index contributed by atoms with van der Waals surface area (Å²) in [5.41, 5.74) is 1.31. The minimum atomic E-state index is -3.27. The molecule has 1 aliphatic heterocycles. The Morgan fingerprint density at radius 2 is 1.92 bits per heavy atom. The largest absolute Gasteiger partial charge is 0.429 e. The summed E-state index contributed by atoms with van der Waals surface area (Å²) >= 11 is 5.33. The lowest BCUT2D eigenvalue weighted by Crippen LogP contribution is -2.45. The Hall–Kier alpha value is -1.22. The highest BCUT2D eigenvalue weighted by atomic mass is 32.2. The van der Waals surface area contributed by atoms with Crippen molar-refractivity contribution in [2.75, 3.05) is 18.8 Å². The summed E-state index contributed by atoms with van der Waals surface area (Å²) in [7, 11) is -3.27. The number of ether oxygens (including phenoxy) is 1. The summed E-state index contributed by atoms with van der Waals surface area (Å²) in [6, 6.07) is 4.90. The molecule has 0 aliphatic carbocycles. The number of fused-ring (bicyclic) bond motifs is 1. The highest BCUT2D eigenvalue weighted by Gasteiger charge is 2.23. The SMILES string of the molecule is CCS(=O)(=O)c1ccc2oc(=S)n(CN3CC(C)OC(C)C3)c2c1. The maximum Gasteiger partial charge on any atom is 0.270 e. The second-order valence-electron chi connectivity index (χ2n) is 6.26. The van der Waals surface area contributed by atoms with Gasteiger partial charge in [-0.2, -0.15) is 0 Å². The van der Waals surface area contributed by atoms with Crippen molar-refractivity contribution in [3.05, 3.63) is 23.0 Å². The molecule has 24 heavy (non-hydrogen) atoms. The van der Waals surface area contributed by atoms with E-state index in [2.05, 4.69) is 4.90 Å². The van der Waals surface area contributed by atoms with Crippen LogP contribution < -0.4 is 0 Å². The zero-order chi connectivity index (χ0) is 17.5. The lowest BCUT2D eigenvalue weighted by Gasteiger charge is -2.35. The van der Waals surface area contributed by atoms with Gasteiger partial charge in [0.25, 0.3) is 4.84 Å². The smallest absolute Gasteiger partial charge is 0.270 e. The Labute approximate surface area is 146 Å². The third-order valence-corrected chi connectivity index (χ3v) is 6.25. The topological polar surface area (TPSA) is 64.7 Å². The third-order valence-electron chi connectivity index (χ3n) is 4.21. The molecule has 0 spiro atoms. The molecule has 0 bridgehead atoms. The lowest BCUT2D eigenvalue weighted by molar-refractivity contribution is -0.0764. The zero-order valence-corrected chi connectivity index (χ0v) is 15.7. The Kier molecular flexibility index (Phi) is 4.83. The maximum atomic E-state index is 12.1. The molecule has 132 valence electrons. The summed E-state index contributed by atoms with van der Waals surface area (Å²) in [4.78, 5) is 2.89. The van der Waals surface area contributed by atoms with Crippen molar-refractivity contribution in [1.82, 2.24) is 9.47 Å². The Morgan fingerprint density at radius 1 is 1.25 bits per heavy atom. The molecule has 8 heteroatoms. The van der Waals surface area contributed by atoms with Crippen molar-refractivity contribution in [2.45, 2.75) is 44.5 Å². The van der Waals surface area contributed by atoms with E-state index in [-0.39, 0.29) is 18.0 Å². The Bertz CT molecular complexity index is 890. The van der Waals surface area contributed by atoms with Gasteiger partial charge in [-0.25, -0.2) is 8.42 Å². The number of benzene rings is 1. The highest BCUT2D eigenvalue weighted by molar-refractivity contribution is 7.91. The second kappa shape index (κ2) is 6.59. The van der Waals surface area contributed by atoms with Gasteiger partial charge in [-0.15, -0.1) is 0 Å². The molecule has 0 radical (unpaired) electrons. The van der Waals surface area contributed by atoms with Crippen LogP contribution in [0, 0.1) is 4.84 Å². The van der Waals surface area contributed by atoms with E-state index < -0.39 is 9.84 Å². The molecule has 0 saturated carbocycles. The first-order chi connectivity index (χ1) is 11.3. The molecule has 1 saturated heterocycles. The molecule has 2 aromatic rings. The number of morpholine rings is 1. The van der Waals surface area contributed by atoms with Crippen LogP contribution in [0.25, 0.3) is 11.1 Å². The molecule has 3 rings (SSSR count). The fourth-order valence-electron chi connectivity index (χ4n) is 3.14. The zero-order valence-electron chi connectivity index (χ0n) is 14.1. The number of aromatic nitrogens is 1. The minimum absolute atomic E-state index is 0.0651. The van der Waals surface area contributed by atoms with Gasteiger partial charge < -0.3 is 9.15 Å². The molecule has 1 aromatic heterocycles. The molecule has 1 aliphatic rings. The van der Waals surface area contributed by atoms with E-state index in [1.54, 1.807) is 25.1 Å². The molecular formula is C16H22N2O4S2. The Morgan fingerprint density at radius 3 is 2.54 bits per heavy atom. The van der Waals surface area contributed by atoms with Crippen LogP contribution >= 0.6 is 12.2 Å². The van der Waals surface area contributed by atoms with E-state index in [0.717, 1.165) is 13.1 Å². The van der Waals surface area contributed by atoms with Crippen molar-refractivity contribution in [3.63, 3.8) is 0 Å². The molecule has 1 aromatic carbocycles. The first-order valence-corrected chi connectivity index (χ1v) is 10.1. The van der Waals surface area contributed by atoms with Gasteiger partial charge in [0.2, 0.25) is 0 Å². The van der Waals surface area contributed by atoms with Gasteiger partial charge >= 0.3 is 0 Å². The molecule has 1 fully saturated rings. The standard InChI is InChI=1S/C16H22N2O4S2/c1-4-24(19,20)13-5-6-15-14(7-13)18(16(23)22-15)10-17-8-11(2)21-12(3)9-17/h5-7,11-12H,4,8-10H2,1-3H3. The third kappa shape index (κ3) is 3.42. The van der Waals surface area contributed by atoms with Crippen LogP contribution in [0.2, 0.25) is 0 Å². The Balaban J connectivity index is 1.99. The number of oxazole rings is 1. The van der Waals surface area contributed by atoms with Crippen molar-refractivity contribution in [3.8, 4) is 0 Å². The molecule has 2 unspecified atom stereocenters. The van der Waals surface area contributed by atoms with Crippen molar-refractivity contribution in [1.29, 1.82) is 0 Å². The number of hydrogen-bond donors (Lipinski definition) is 0. The van der Waals surface area contributed by atoms with E-state index >= 15 is 0 Å². The van der Waals surface area contributed by atoms with Gasteiger partial charge in [0.1, 0.15) is 0 Å². The number of nitrogens with zero attached hydrogens (tertiary/aromatic N) is 2. The van der Waals surface area contributed by atoms with Gasteiger partial charge in [-0.1, -0.05) is 6.92 Å². The molecule has 2 heterocycles. The highest BCUT2D eigenvalue weighted by Crippen LogP contribution is 2.23. The molecule has 0 amide bonds. The van der Waals surface area contributed by atoms with Gasteiger partial charge in [0, 0.05) is 13.1 Å². The number of rotatable bonds is 4. The van der Waals surface area contributed by atoms with E-state index in [4.69, 9.17) is 21.4 Å². The predicted octanol–water partition coefficient (Wildman–Crippen LogP) is 2.82. The first kappa shape index (κ1) is 17.6. The summed E-state index contributed by atoms with van der Waals surface area (Å²) in [5.74, 6) is 0.0651. The van der Waals surface area contributed by atoms with E-state index in [1.165, 1.54) is 0 Å². The second-order valence-corrected chi connectivity index (χ2v) is 8.89. The molecular weight excluding hydrogens is 348 g/mol. The van der Waals surface area contributed by atoms with Crippen molar-refractivity contribution >= 4 is 33.2 Å². The normalized spacial score (nSPS) is 23.0. The average molecular weight is 370 g/mol.